The summed E-state index contributed by atoms with van der Waals surface area (Å²) in [6.07, 6.45) is 2.06. The van der Waals surface area contributed by atoms with Crippen molar-refractivity contribution in [3.63, 3.8) is 0 Å². The molecule has 158 valence electrons. The van der Waals surface area contributed by atoms with Crippen molar-refractivity contribution in [2.24, 2.45) is 0 Å². The van der Waals surface area contributed by atoms with E-state index in [4.69, 9.17) is 0 Å². The van der Waals surface area contributed by atoms with E-state index in [0.717, 1.165) is 44.7 Å². The molecule has 3 aromatic carbocycles. The Balaban J connectivity index is 1.31. The summed E-state index contributed by atoms with van der Waals surface area (Å²) in [5, 5.41) is 0. The van der Waals surface area contributed by atoms with Crippen molar-refractivity contribution >= 4 is 11.7 Å². The van der Waals surface area contributed by atoms with Crippen molar-refractivity contribution in [2.75, 3.05) is 24.5 Å². The second-order valence-electron chi connectivity index (χ2n) is 8.56. The van der Waals surface area contributed by atoms with Crippen molar-refractivity contribution in [2.45, 2.75) is 31.5 Å². The van der Waals surface area contributed by atoms with Gasteiger partial charge in [0.15, 0.2) is 0 Å². The monoisotopic (exact) mass is 411 g/mol. The van der Waals surface area contributed by atoms with Crippen LogP contribution in [0, 0.1) is 0 Å². The zero-order valence-corrected chi connectivity index (χ0v) is 17.8. The third-order valence-electron chi connectivity index (χ3n) is 6.60. The van der Waals surface area contributed by atoms with Crippen LogP contribution in [0.15, 0.2) is 91.0 Å². The Kier molecular flexibility index (Phi) is 5.72. The van der Waals surface area contributed by atoms with Crippen LogP contribution in [0.3, 0.4) is 0 Å². The fraction of sp³-hybridized carbons (Fsp3) is 0.296. The highest BCUT2D eigenvalue weighted by molar-refractivity contribution is 5.95. The van der Waals surface area contributed by atoms with Crippen molar-refractivity contribution in [3.05, 3.63) is 102 Å². The summed E-state index contributed by atoms with van der Waals surface area (Å²) >= 11 is 0. The van der Waals surface area contributed by atoms with Gasteiger partial charge in [-0.1, -0.05) is 78.9 Å². The molecule has 4 nitrogen and oxygen atoms in total. The molecule has 2 amide bonds. The molecule has 0 aromatic heterocycles. The maximum Gasteiger partial charge on any atom is 0.325 e. The molecule has 1 atom stereocenters. The second kappa shape index (κ2) is 8.94. The SMILES string of the molecule is O=C1N(C2CCN(Cc3ccccc3)CC2)CC(c2ccccc2)N1c1ccccc1. The smallest absolute Gasteiger partial charge is 0.319 e. The van der Waals surface area contributed by atoms with Crippen molar-refractivity contribution in [3.8, 4) is 0 Å². The molecule has 1 unspecified atom stereocenters. The standard InChI is InChI=1S/C27H29N3O/c31-27-29(24-16-18-28(19-17-24)20-22-10-4-1-5-11-22)21-26(23-12-6-2-7-13-23)30(27)25-14-8-3-9-15-25/h1-15,24,26H,16-21H2. The zero-order chi connectivity index (χ0) is 21.0. The third-order valence-corrected chi connectivity index (χ3v) is 6.60. The van der Waals surface area contributed by atoms with Crippen LogP contribution in [0.5, 0.6) is 0 Å². The number of carbonyl (C=O) groups is 1. The molecule has 2 fully saturated rings. The minimum absolute atomic E-state index is 0.0541. The van der Waals surface area contributed by atoms with Gasteiger partial charge in [-0.3, -0.25) is 9.80 Å². The van der Waals surface area contributed by atoms with Gasteiger partial charge in [0.2, 0.25) is 0 Å². The lowest BCUT2D eigenvalue weighted by atomic mass is 10.0. The first-order chi connectivity index (χ1) is 15.3. The van der Waals surface area contributed by atoms with Crippen LogP contribution in [0.2, 0.25) is 0 Å². The van der Waals surface area contributed by atoms with Gasteiger partial charge in [-0.2, -0.15) is 0 Å². The van der Waals surface area contributed by atoms with Gasteiger partial charge >= 0.3 is 6.03 Å². The Morgan fingerprint density at radius 2 is 1.32 bits per heavy atom. The lowest BCUT2D eigenvalue weighted by Crippen LogP contribution is -2.46. The Morgan fingerprint density at radius 1 is 0.742 bits per heavy atom. The molecule has 2 heterocycles. The number of nitrogens with zero attached hydrogens (tertiary/aromatic N) is 3. The predicted molar refractivity (Wildman–Crippen MR) is 125 cm³/mol. The molecule has 4 heteroatoms. The van der Waals surface area contributed by atoms with Crippen LogP contribution in [0.1, 0.15) is 30.0 Å². The quantitative estimate of drug-likeness (QED) is 0.567. The summed E-state index contributed by atoms with van der Waals surface area (Å²) in [6, 6.07) is 31.7. The van der Waals surface area contributed by atoms with Crippen LogP contribution in [0.4, 0.5) is 10.5 Å². The molecule has 0 aliphatic carbocycles. The average Bonchev–Trinajstić information content (AvgIpc) is 3.18. The number of rotatable bonds is 5. The minimum Gasteiger partial charge on any atom is -0.319 e. The Morgan fingerprint density at radius 3 is 1.97 bits per heavy atom. The number of likely N-dealkylation sites (tertiary alicyclic amines) is 1. The molecule has 31 heavy (non-hydrogen) atoms. The van der Waals surface area contributed by atoms with Gasteiger partial charge in [-0.25, -0.2) is 4.79 Å². The lowest BCUT2D eigenvalue weighted by Gasteiger charge is -2.36. The van der Waals surface area contributed by atoms with Crippen LogP contribution >= 0.6 is 0 Å². The molecule has 2 aliphatic heterocycles. The summed E-state index contributed by atoms with van der Waals surface area (Å²) in [4.78, 5) is 20.2. The summed E-state index contributed by atoms with van der Waals surface area (Å²) in [7, 11) is 0. The normalized spacial score (nSPS) is 20.4. The molecular weight excluding hydrogens is 382 g/mol. The predicted octanol–water partition coefficient (Wildman–Crippen LogP) is 5.33. The number of anilines is 1. The Labute approximate surface area is 184 Å². The maximum atomic E-state index is 13.6. The first kappa shape index (κ1) is 19.8. The summed E-state index contributed by atoms with van der Waals surface area (Å²) in [6.45, 7) is 3.81. The molecular formula is C27H29N3O. The molecule has 2 aliphatic rings. The van der Waals surface area contributed by atoms with E-state index >= 15 is 0 Å². The van der Waals surface area contributed by atoms with Crippen LogP contribution < -0.4 is 4.90 Å². The number of hydrogen-bond donors (Lipinski definition) is 0. The van der Waals surface area contributed by atoms with Crippen molar-refractivity contribution in [1.82, 2.24) is 9.80 Å². The molecule has 0 spiro atoms. The zero-order valence-electron chi connectivity index (χ0n) is 17.8. The maximum absolute atomic E-state index is 13.6. The number of urea groups is 1. The van der Waals surface area contributed by atoms with Gasteiger partial charge in [0, 0.05) is 37.9 Å². The largest absolute Gasteiger partial charge is 0.325 e. The van der Waals surface area contributed by atoms with Crippen molar-refractivity contribution in [1.29, 1.82) is 0 Å². The highest BCUT2D eigenvalue weighted by Crippen LogP contribution is 2.36. The van der Waals surface area contributed by atoms with Gasteiger partial charge in [-0.05, 0) is 36.1 Å². The molecule has 2 saturated heterocycles. The number of hydrogen-bond acceptors (Lipinski definition) is 2. The second-order valence-corrected chi connectivity index (χ2v) is 8.56. The van der Waals surface area contributed by atoms with Gasteiger partial charge in [0.1, 0.15) is 0 Å². The molecule has 0 bridgehead atoms. The third kappa shape index (κ3) is 4.21. The molecule has 5 rings (SSSR count). The van der Waals surface area contributed by atoms with E-state index in [1.165, 1.54) is 11.1 Å². The van der Waals surface area contributed by atoms with E-state index in [1.54, 1.807) is 0 Å². The topological polar surface area (TPSA) is 26.8 Å². The van der Waals surface area contributed by atoms with E-state index in [9.17, 15) is 4.79 Å². The fourth-order valence-corrected chi connectivity index (χ4v) is 4.96. The van der Waals surface area contributed by atoms with Crippen LogP contribution in [0.25, 0.3) is 0 Å². The Hall–Kier alpha value is -3.11. The highest BCUT2D eigenvalue weighted by atomic mass is 16.2. The van der Waals surface area contributed by atoms with Crippen LogP contribution in [-0.2, 0) is 6.54 Å². The van der Waals surface area contributed by atoms with E-state index < -0.39 is 0 Å². The van der Waals surface area contributed by atoms with E-state index in [0.29, 0.717) is 6.04 Å². The van der Waals surface area contributed by atoms with E-state index in [-0.39, 0.29) is 12.1 Å². The Bertz CT molecular complexity index is 985. The first-order valence-corrected chi connectivity index (χ1v) is 11.3. The first-order valence-electron chi connectivity index (χ1n) is 11.3. The number of benzene rings is 3. The summed E-state index contributed by atoms with van der Waals surface area (Å²) in [5.41, 5.74) is 3.53. The molecule has 3 aromatic rings. The molecule has 0 saturated carbocycles. The fourth-order valence-electron chi connectivity index (χ4n) is 4.96. The summed E-state index contributed by atoms with van der Waals surface area (Å²) in [5.74, 6) is 0. The molecule has 0 radical (unpaired) electrons. The van der Waals surface area contributed by atoms with Gasteiger partial charge < -0.3 is 4.90 Å². The number of carbonyl (C=O) groups excluding carboxylic acids is 1. The number of para-hydroxylation sites is 1. The van der Waals surface area contributed by atoms with E-state index in [2.05, 4.69) is 64.4 Å². The highest BCUT2D eigenvalue weighted by Gasteiger charge is 2.42. The summed E-state index contributed by atoms with van der Waals surface area (Å²) < 4.78 is 0. The van der Waals surface area contributed by atoms with Gasteiger partial charge in [-0.15, -0.1) is 0 Å². The average molecular weight is 412 g/mol. The lowest BCUT2D eigenvalue weighted by molar-refractivity contribution is 0.131. The minimum atomic E-state index is 0.0541. The number of amides is 2. The van der Waals surface area contributed by atoms with E-state index in [1.807, 2.05) is 41.3 Å². The molecule has 0 N–H and O–H groups in total. The number of piperidine rings is 1. The van der Waals surface area contributed by atoms with Gasteiger partial charge in [0.05, 0.1) is 6.04 Å². The van der Waals surface area contributed by atoms with Crippen molar-refractivity contribution < 1.29 is 4.79 Å². The van der Waals surface area contributed by atoms with Gasteiger partial charge in [0.25, 0.3) is 0 Å². The van der Waals surface area contributed by atoms with Crippen LogP contribution in [-0.4, -0.2) is 41.5 Å².